The second-order valence-corrected chi connectivity index (χ2v) is 3.14. The molecule has 0 atom stereocenters. The van der Waals surface area contributed by atoms with Crippen molar-refractivity contribution in [2.45, 2.75) is 0 Å². The van der Waals surface area contributed by atoms with Gasteiger partial charge in [-0.1, -0.05) is 12.1 Å². The molecule has 0 unspecified atom stereocenters. The van der Waals surface area contributed by atoms with Crippen molar-refractivity contribution in [3.8, 4) is 11.4 Å². The van der Waals surface area contributed by atoms with Gasteiger partial charge < -0.3 is 9.30 Å². The third-order valence-corrected chi connectivity index (χ3v) is 2.22. The van der Waals surface area contributed by atoms with E-state index >= 15 is 0 Å². The van der Waals surface area contributed by atoms with E-state index in [-0.39, 0.29) is 0 Å². The molecule has 0 amide bonds. The van der Waals surface area contributed by atoms with Gasteiger partial charge in [-0.05, 0) is 18.2 Å². The van der Waals surface area contributed by atoms with Gasteiger partial charge in [0.1, 0.15) is 5.75 Å². The molecule has 0 radical (unpaired) electrons. The normalized spacial score (nSPS) is 9.93. The first-order chi connectivity index (χ1) is 7.35. The number of benzene rings is 1. The van der Waals surface area contributed by atoms with Crippen molar-refractivity contribution in [1.29, 1.82) is 0 Å². The molecule has 1 aromatic heterocycles. The Bertz CT molecular complexity index is 474. The fourth-order valence-electron chi connectivity index (χ4n) is 1.48. The fraction of sp³-hybridized carbons (Fsp3) is 0.0833. The molecule has 0 aliphatic carbocycles. The molecular formula is C12H11NO2. The molecule has 1 aromatic carbocycles. The number of nitrogens with zero attached hydrogens (tertiary/aromatic N) is 1. The summed E-state index contributed by atoms with van der Waals surface area (Å²) in [6.07, 6.45) is 4.43. The summed E-state index contributed by atoms with van der Waals surface area (Å²) < 4.78 is 7.10. The molecule has 15 heavy (non-hydrogen) atoms. The van der Waals surface area contributed by atoms with Crippen LogP contribution in [0, 0.1) is 0 Å². The minimum Gasteiger partial charge on any atom is -0.495 e. The average Bonchev–Trinajstić information content (AvgIpc) is 2.77. The third-order valence-electron chi connectivity index (χ3n) is 2.22. The predicted octanol–water partition coefficient (Wildman–Crippen LogP) is 2.30. The Balaban J connectivity index is 2.48. The number of aromatic nitrogens is 1. The number of carbonyl (C=O) groups excluding carboxylic acids is 1. The first kappa shape index (κ1) is 9.52. The molecule has 3 heteroatoms. The maximum atomic E-state index is 10.6. The van der Waals surface area contributed by atoms with Crippen LogP contribution in [-0.4, -0.2) is 18.0 Å². The summed E-state index contributed by atoms with van der Waals surface area (Å²) in [5.41, 5.74) is 1.58. The highest BCUT2D eigenvalue weighted by Gasteiger charge is 2.03. The van der Waals surface area contributed by atoms with E-state index in [2.05, 4.69) is 0 Å². The molecule has 76 valence electrons. The standard InChI is InChI=1S/C12H11NO2/c1-15-12-5-3-2-4-11(12)13-7-6-10(8-13)9-14/h2-9H,1H3. The zero-order valence-corrected chi connectivity index (χ0v) is 8.38. The average molecular weight is 201 g/mol. The van der Waals surface area contributed by atoms with E-state index in [1.807, 2.05) is 35.0 Å². The number of methoxy groups -OCH3 is 1. The Morgan fingerprint density at radius 1 is 1.27 bits per heavy atom. The lowest BCUT2D eigenvalue weighted by molar-refractivity contribution is 0.112. The molecule has 0 N–H and O–H groups in total. The predicted molar refractivity (Wildman–Crippen MR) is 57.7 cm³/mol. The summed E-state index contributed by atoms with van der Waals surface area (Å²) in [5, 5.41) is 0. The monoisotopic (exact) mass is 201 g/mol. The van der Waals surface area contributed by atoms with Crippen LogP contribution in [0.5, 0.6) is 5.75 Å². The maximum absolute atomic E-state index is 10.6. The summed E-state index contributed by atoms with van der Waals surface area (Å²) in [6, 6.07) is 9.42. The molecule has 0 saturated heterocycles. The van der Waals surface area contributed by atoms with Gasteiger partial charge in [-0.3, -0.25) is 4.79 Å². The highest BCUT2D eigenvalue weighted by molar-refractivity contribution is 5.74. The molecule has 0 fully saturated rings. The van der Waals surface area contributed by atoms with Gasteiger partial charge in [0.15, 0.2) is 6.29 Å². The molecule has 3 nitrogen and oxygen atoms in total. The fourth-order valence-corrected chi connectivity index (χ4v) is 1.48. The van der Waals surface area contributed by atoms with Crippen LogP contribution in [0.4, 0.5) is 0 Å². The van der Waals surface area contributed by atoms with Crippen LogP contribution < -0.4 is 4.74 Å². The van der Waals surface area contributed by atoms with Crippen LogP contribution in [0.2, 0.25) is 0 Å². The largest absolute Gasteiger partial charge is 0.495 e. The lowest BCUT2D eigenvalue weighted by Gasteiger charge is -2.08. The van der Waals surface area contributed by atoms with Crippen molar-refractivity contribution in [1.82, 2.24) is 4.57 Å². The molecule has 0 saturated carbocycles. The Labute approximate surface area is 87.9 Å². The zero-order valence-electron chi connectivity index (χ0n) is 8.38. The Kier molecular flexibility index (Phi) is 2.54. The SMILES string of the molecule is COc1ccccc1-n1ccc(C=O)c1. The van der Waals surface area contributed by atoms with Crippen LogP contribution in [0.15, 0.2) is 42.7 Å². The lowest BCUT2D eigenvalue weighted by Crippen LogP contribution is -1.94. The van der Waals surface area contributed by atoms with Crippen LogP contribution in [0.25, 0.3) is 5.69 Å². The van der Waals surface area contributed by atoms with Crippen molar-refractivity contribution >= 4 is 6.29 Å². The van der Waals surface area contributed by atoms with Crippen LogP contribution >= 0.6 is 0 Å². The highest BCUT2D eigenvalue weighted by Crippen LogP contribution is 2.22. The molecule has 0 spiro atoms. The number of carbonyl (C=O) groups is 1. The van der Waals surface area contributed by atoms with Crippen molar-refractivity contribution in [3.63, 3.8) is 0 Å². The number of ether oxygens (including phenoxy) is 1. The van der Waals surface area contributed by atoms with Gasteiger partial charge in [0.05, 0.1) is 12.8 Å². The number of para-hydroxylation sites is 2. The Hall–Kier alpha value is -2.03. The minimum absolute atomic E-state index is 0.654. The van der Waals surface area contributed by atoms with Crippen LogP contribution in [-0.2, 0) is 0 Å². The van der Waals surface area contributed by atoms with Gasteiger partial charge in [0.25, 0.3) is 0 Å². The molecule has 0 aliphatic rings. The minimum atomic E-state index is 0.654. The molecular weight excluding hydrogens is 190 g/mol. The molecule has 2 rings (SSSR count). The van der Waals surface area contributed by atoms with E-state index in [0.29, 0.717) is 5.56 Å². The summed E-state index contributed by atoms with van der Waals surface area (Å²) in [6.45, 7) is 0. The smallest absolute Gasteiger partial charge is 0.151 e. The van der Waals surface area contributed by atoms with Gasteiger partial charge in [-0.2, -0.15) is 0 Å². The topological polar surface area (TPSA) is 31.2 Å². The first-order valence-electron chi connectivity index (χ1n) is 4.61. The van der Waals surface area contributed by atoms with E-state index < -0.39 is 0 Å². The van der Waals surface area contributed by atoms with Gasteiger partial charge in [-0.15, -0.1) is 0 Å². The molecule has 0 bridgehead atoms. The zero-order chi connectivity index (χ0) is 10.7. The van der Waals surface area contributed by atoms with E-state index in [0.717, 1.165) is 17.7 Å². The van der Waals surface area contributed by atoms with Crippen molar-refractivity contribution < 1.29 is 9.53 Å². The number of aldehydes is 1. The van der Waals surface area contributed by atoms with Crippen molar-refractivity contribution in [3.05, 3.63) is 48.3 Å². The number of rotatable bonds is 3. The Morgan fingerprint density at radius 2 is 2.07 bits per heavy atom. The second-order valence-electron chi connectivity index (χ2n) is 3.14. The Morgan fingerprint density at radius 3 is 2.73 bits per heavy atom. The van der Waals surface area contributed by atoms with E-state index in [1.165, 1.54) is 0 Å². The summed E-state index contributed by atoms with van der Waals surface area (Å²) in [4.78, 5) is 10.6. The van der Waals surface area contributed by atoms with E-state index in [9.17, 15) is 4.79 Å². The van der Waals surface area contributed by atoms with Crippen molar-refractivity contribution in [2.24, 2.45) is 0 Å². The summed E-state index contributed by atoms with van der Waals surface area (Å²) in [7, 11) is 1.63. The van der Waals surface area contributed by atoms with E-state index in [1.54, 1.807) is 19.4 Å². The van der Waals surface area contributed by atoms with Crippen LogP contribution in [0.3, 0.4) is 0 Å². The highest BCUT2D eigenvalue weighted by atomic mass is 16.5. The second kappa shape index (κ2) is 4.00. The van der Waals surface area contributed by atoms with Gasteiger partial charge in [-0.25, -0.2) is 0 Å². The quantitative estimate of drug-likeness (QED) is 0.713. The van der Waals surface area contributed by atoms with Gasteiger partial charge in [0, 0.05) is 18.0 Å². The lowest BCUT2D eigenvalue weighted by atomic mass is 10.3. The molecule has 2 aromatic rings. The number of hydrogen-bond donors (Lipinski definition) is 0. The van der Waals surface area contributed by atoms with Crippen molar-refractivity contribution in [2.75, 3.05) is 7.11 Å². The molecule has 0 aliphatic heterocycles. The summed E-state index contributed by atoms with van der Waals surface area (Å²) >= 11 is 0. The third kappa shape index (κ3) is 1.76. The number of hydrogen-bond acceptors (Lipinski definition) is 2. The van der Waals surface area contributed by atoms with E-state index in [4.69, 9.17) is 4.74 Å². The first-order valence-corrected chi connectivity index (χ1v) is 4.61. The maximum Gasteiger partial charge on any atom is 0.151 e. The summed E-state index contributed by atoms with van der Waals surface area (Å²) in [5.74, 6) is 0.783. The van der Waals surface area contributed by atoms with Crippen LogP contribution in [0.1, 0.15) is 10.4 Å². The molecule has 1 heterocycles. The van der Waals surface area contributed by atoms with Gasteiger partial charge in [0.2, 0.25) is 0 Å². The van der Waals surface area contributed by atoms with Gasteiger partial charge >= 0.3 is 0 Å².